The lowest BCUT2D eigenvalue weighted by Crippen LogP contribution is -2.32. The Kier molecular flexibility index (Phi) is 11.1. The monoisotopic (exact) mass is 571 g/mol. The van der Waals surface area contributed by atoms with Gasteiger partial charge in [-0.25, -0.2) is 0 Å². The van der Waals surface area contributed by atoms with Gasteiger partial charge in [0.2, 0.25) is 0 Å². The van der Waals surface area contributed by atoms with Gasteiger partial charge in [-0.05, 0) is 87.5 Å². The van der Waals surface area contributed by atoms with E-state index in [2.05, 4.69) is 29.2 Å². The number of nitrogens with zero attached hydrogens (tertiary/aromatic N) is 2. The van der Waals surface area contributed by atoms with Gasteiger partial charge < -0.3 is 15.3 Å². The van der Waals surface area contributed by atoms with Crippen LogP contribution in [0.1, 0.15) is 49.9 Å². The summed E-state index contributed by atoms with van der Waals surface area (Å²) < 4.78 is 0. The summed E-state index contributed by atoms with van der Waals surface area (Å²) in [6.07, 6.45) is 6.17. The summed E-state index contributed by atoms with van der Waals surface area (Å²) >= 11 is 12.3. The Hall–Kier alpha value is -1.76. The van der Waals surface area contributed by atoms with E-state index in [1.165, 1.54) is 12.8 Å². The molecule has 0 amide bonds. The minimum Gasteiger partial charge on any atom is -0.505 e. The van der Waals surface area contributed by atoms with Gasteiger partial charge in [-0.15, -0.1) is 24.8 Å². The smallest absolute Gasteiger partial charge is 0.163 e. The predicted octanol–water partition coefficient (Wildman–Crippen LogP) is 7.88. The largest absolute Gasteiger partial charge is 0.505 e. The molecule has 1 saturated carbocycles. The van der Waals surface area contributed by atoms with E-state index < -0.39 is 0 Å². The van der Waals surface area contributed by atoms with Gasteiger partial charge in [-0.3, -0.25) is 9.78 Å². The lowest BCUT2D eigenvalue weighted by molar-refractivity contribution is 0.101. The summed E-state index contributed by atoms with van der Waals surface area (Å²) in [5, 5.41) is 14.9. The van der Waals surface area contributed by atoms with E-state index in [4.69, 9.17) is 23.2 Å². The molecule has 4 rings (SSSR count). The SMILES string of the molecule is CCN(C)C[C@H]1CC[C@H](Nc2c(C(C)=O)cnc3ccc(-c4cc(Cl)c(O)c(Cl)c4)cc23)CC1.Cl.Cl. The van der Waals surface area contributed by atoms with Crippen LogP contribution >= 0.6 is 48.0 Å². The molecule has 1 aliphatic carbocycles. The summed E-state index contributed by atoms with van der Waals surface area (Å²) in [7, 11) is 2.18. The first-order valence-electron chi connectivity index (χ1n) is 11.8. The van der Waals surface area contributed by atoms with E-state index in [-0.39, 0.29) is 46.4 Å². The number of halogens is 4. The van der Waals surface area contributed by atoms with Crippen molar-refractivity contribution in [2.75, 3.05) is 25.5 Å². The number of hydrogen-bond donors (Lipinski definition) is 2. The number of ketones is 1. The topological polar surface area (TPSA) is 65.5 Å². The number of carbonyl (C=O) groups is 1. The van der Waals surface area contributed by atoms with E-state index in [0.717, 1.165) is 59.6 Å². The minimum atomic E-state index is -0.128. The molecule has 1 fully saturated rings. The first-order valence-corrected chi connectivity index (χ1v) is 12.6. The molecule has 1 aromatic heterocycles. The van der Waals surface area contributed by atoms with Crippen molar-refractivity contribution < 1.29 is 9.90 Å². The first-order chi connectivity index (χ1) is 16.3. The highest BCUT2D eigenvalue weighted by Crippen LogP contribution is 2.38. The fraction of sp³-hybridized carbons (Fsp3) is 0.407. The Morgan fingerprint density at radius 2 is 1.72 bits per heavy atom. The molecule has 2 N–H and O–H groups in total. The minimum absolute atomic E-state index is 0. The number of hydrogen-bond acceptors (Lipinski definition) is 5. The molecule has 0 atom stereocenters. The van der Waals surface area contributed by atoms with E-state index in [1.807, 2.05) is 18.2 Å². The van der Waals surface area contributed by atoms with Crippen molar-refractivity contribution in [3.8, 4) is 16.9 Å². The number of nitrogens with one attached hydrogen (secondary N) is 1. The maximum Gasteiger partial charge on any atom is 0.163 e. The average Bonchev–Trinajstić information content (AvgIpc) is 2.83. The van der Waals surface area contributed by atoms with Crippen molar-refractivity contribution in [3.05, 3.63) is 52.1 Å². The third-order valence-corrected chi connectivity index (χ3v) is 7.48. The third kappa shape index (κ3) is 6.76. The standard InChI is InChI=1S/C27H31Cl2N3O2.2ClH/c1-4-32(3)15-17-5-8-20(9-6-17)31-26-21-11-18(19-12-23(28)27(34)24(29)13-19)7-10-25(21)30-14-22(26)16(2)33;;/h7,10-14,17,20,34H,4-6,8-9,15H2,1-3H3,(H,30,31);2*1H/t17-,20-;;. The molecule has 0 bridgehead atoms. The summed E-state index contributed by atoms with van der Waals surface area (Å²) in [6, 6.07) is 9.58. The van der Waals surface area contributed by atoms with Gasteiger partial charge in [0.15, 0.2) is 11.5 Å². The van der Waals surface area contributed by atoms with Crippen molar-refractivity contribution in [2.24, 2.45) is 5.92 Å². The normalized spacial score (nSPS) is 17.4. The zero-order chi connectivity index (χ0) is 24.4. The maximum atomic E-state index is 12.5. The number of phenols is 1. The second-order valence-electron chi connectivity index (χ2n) is 9.34. The molecule has 0 radical (unpaired) electrons. The summed E-state index contributed by atoms with van der Waals surface area (Å²) in [6.45, 7) is 5.98. The van der Waals surface area contributed by atoms with Gasteiger partial charge in [-0.2, -0.15) is 0 Å². The Morgan fingerprint density at radius 3 is 2.31 bits per heavy atom. The molecule has 5 nitrogen and oxygen atoms in total. The quantitative estimate of drug-likeness (QED) is 0.282. The zero-order valence-electron chi connectivity index (χ0n) is 20.7. The van der Waals surface area contributed by atoms with Crippen LogP contribution < -0.4 is 5.32 Å². The number of carbonyl (C=O) groups excluding carboxylic acids is 1. The van der Waals surface area contributed by atoms with Gasteiger partial charge in [0.1, 0.15) is 0 Å². The number of pyridine rings is 1. The van der Waals surface area contributed by atoms with Crippen molar-refractivity contribution in [1.29, 1.82) is 0 Å². The predicted molar refractivity (Wildman–Crippen MR) is 156 cm³/mol. The van der Waals surface area contributed by atoms with Gasteiger partial charge in [-0.1, -0.05) is 36.2 Å². The van der Waals surface area contributed by atoms with Crippen molar-refractivity contribution in [1.82, 2.24) is 9.88 Å². The number of phenolic OH excluding ortho intramolecular Hbond substituents is 1. The van der Waals surface area contributed by atoms with E-state index in [1.54, 1.807) is 25.3 Å². The van der Waals surface area contributed by atoms with E-state index >= 15 is 0 Å². The first kappa shape index (κ1) is 30.5. The molecule has 1 aliphatic rings. The van der Waals surface area contributed by atoms with Crippen LogP contribution in [0.2, 0.25) is 10.0 Å². The molecule has 0 unspecified atom stereocenters. The second-order valence-corrected chi connectivity index (χ2v) is 10.2. The van der Waals surface area contributed by atoms with Crippen LogP contribution in [-0.2, 0) is 0 Å². The van der Waals surface area contributed by atoms with Crippen molar-refractivity contribution in [3.63, 3.8) is 0 Å². The fourth-order valence-corrected chi connectivity index (χ4v) is 5.28. The molecule has 9 heteroatoms. The van der Waals surface area contributed by atoms with Crippen LogP contribution in [0.25, 0.3) is 22.0 Å². The summed E-state index contributed by atoms with van der Waals surface area (Å²) in [5.74, 6) is 0.577. The van der Waals surface area contributed by atoms with Gasteiger partial charge in [0, 0.05) is 24.2 Å². The van der Waals surface area contributed by atoms with Crippen LogP contribution in [-0.4, -0.2) is 47.0 Å². The molecule has 0 aliphatic heterocycles. The maximum absolute atomic E-state index is 12.5. The Morgan fingerprint density at radius 1 is 1.08 bits per heavy atom. The van der Waals surface area contributed by atoms with Crippen molar-refractivity contribution >= 4 is 70.4 Å². The average molecular weight is 573 g/mol. The zero-order valence-corrected chi connectivity index (χ0v) is 23.8. The Bertz CT molecular complexity index is 1190. The Labute approximate surface area is 235 Å². The van der Waals surface area contributed by atoms with Gasteiger partial charge >= 0.3 is 0 Å². The molecule has 0 spiro atoms. The molecule has 1 heterocycles. The van der Waals surface area contributed by atoms with Gasteiger partial charge in [0.25, 0.3) is 0 Å². The number of anilines is 1. The highest BCUT2D eigenvalue weighted by Gasteiger charge is 2.24. The number of fused-ring (bicyclic) bond motifs is 1. The van der Waals surface area contributed by atoms with Crippen LogP contribution in [0.4, 0.5) is 5.69 Å². The van der Waals surface area contributed by atoms with Gasteiger partial charge in [0.05, 0.1) is 26.8 Å². The number of rotatable bonds is 7. The highest BCUT2D eigenvalue weighted by molar-refractivity contribution is 6.37. The molecule has 0 saturated heterocycles. The lowest BCUT2D eigenvalue weighted by Gasteiger charge is -2.32. The third-order valence-electron chi connectivity index (χ3n) is 6.90. The molecule has 3 aromatic rings. The second kappa shape index (κ2) is 13.2. The fourth-order valence-electron chi connectivity index (χ4n) is 4.79. The number of aromatic hydroxyl groups is 1. The summed E-state index contributed by atoms with van der Waals surface area (Å²) in [5.41, 5.74) is 3.91. The van der Waals surface area contributed by atoms with Crippen molar-refractivity contribution in [2.45, 2.75) is 45.6 Å². The number of aromatic nitrogens is 1. The van der Waals surface area contributed by atoms with Crippen LogP contribution in [0.15, 0.2) is 36.5 Å². The lowest BCUT2D eigenvalue weighted by atomic mass is 9.85. The number of Topliss-reactive ketones (excluding diaryl/α,β-unsaturated/α-hetero) is 1. The van der Waals surface area contributed by atoms with E-state index in [0.29, 0.717) is 11.6 Å². The van der Waals surface area contributed by atoms with E-state index in [9.17, 15) is 9.90 Å². The molecule has 2 aromatic carbocycles. The molecule has 36 heavy (non-hydrogen) atoms. The Balaban J connectivity index is 0.00000228. The molecular weight excluding hydrogens is 540 g/mol. The van der Waals surface area contributed by atoms with Crippen LogP contribution in [0, 0.1) is 5.92 Å². The summed E-state index contributed by atoms with van der Waals surface area (Å²) in [4.78, 5) is 19.4. The molecule has 196 valence electrons. The van der Waals surface area contributed by atoms with Crippen LogP contribution in [0.3, 0.4) is 0 Å². The number of benzene rings is 2. The van der Waals surface area contributed by atoms with Crippen LogP contribution in [0.5, 0.6) is 5.75 Å². The highest BCUT2D eigenvalue weighted by atomic mass is 35.5. The molecular formula is C27H33Cl4N3O2.